The van der Waals surface area contributed by atoms with Crippen molar-refractivity contribution in [1.82, 2.24) is 10.2 Å². The number of hydrogen-bond acceptors (Lipinski definition) is 3. The van der Waals surface area contributed by atoms with Crippen LogP contribution >= 0.6 is 0 Å². The van der Waals surface area contributed by atoms with Gasteiger partial charge in [-0.15, -0.1) is 0 Å². The summed E-state index contributed by atoms with van der Waals surface area (Å²) in [7, 11) is 3.40. The smallest absolute Gasteiger partial charge is 0.225 e. The molecule has 0 aliphatic heterocycles. The number of carbonyl (C=O) groups excluding carboxylic acids is 2. The minimum atomic E-state index is -0.358. The normalized spacial score (nSPS) is 12.8. The lowest BCUT2D eigenvalue weighted by Gasteiger charge is -2.28. The summed E-state index contributed by atoms with van der Waals surface area (Å²) in [5, 5.41) is 2.89. The molecule has 0 saturated carbocycles. The number of aryl methyl sites for hydroxylation is 1. The van der Waals surface area contributed by atoms with Gasteiger partial charge in [-0.3, -0.25) is 9.59 Å². The molecule has 2 atom stereocenters. The van der Waals surface area contributed by atoms with E-state index in [-0.39, 0.29) is 30.3 Å². The molecule has 2 amide bonds. The second kappa shape index (κ2) is 9.21. The summed E-state index contributed by atoms with van der Waals surface area (Å²) in [6.45, 7) is 5.44. The summed E-state index contributed by atoms with van der Waals surface area (Å²) in [5.74, 6) is 0.545. The van der Waals surface area contributed by atoms with Crippen molar-refractivity contribution in [1.29, 1.82) is 0 Å². The van der Waals surface area contributed by atoms with E-state index in [0.717, 1.165) is 22.4 Å². The van der Waals surface area contributed by atoms with Crippen LogP contribution in [0.2, 0.25) is 0 Å². The van der Waals surface area contributed by atoms with Crippen molar-refractivity contribution in [2.75, 3.05) is 14.2 Å². The number of methoxy groups -OCH3 is 1. The molecule has 0 bridgehead atoms. The molecule has 2 aromatic rings. The van der Waals surface area contributed by atoms with Crippen molar-refractivity contribution in [2.24, 2.45) is 0 Å². The number of rotatable bonds is 7. The van der Waals surface area contributed by atoms with E-state index in [0.29, 0.717) is 0 Å². The molecule has 0 heterocycles. The van der Waals surface area contributed by atoms with Crippen LogP contribution in [0.25, 0.3) is 0 Å². The van der Waals surface area contributed by atoms with Gasteiger partial charge in [0.05, 0.1) is 25.6 Å². The topological polar surface area (TPSA) is 58.6 Å². The number of para-hydroxylation sites is 1. The highest BCUT2D eigenvalue weighted by atomic mass is 16.5. The summed E-state index contributed by atoms with van der Waals surface area (Å²) >= 11 is 0. The first-order valence-electron chi connectivity index (χ1n) is 9.05. The van der Waals surface area contributed by atoms with Crippen LogP contribution in [0, 0.1) is 6.92 Å². The van der Waals surface area contributed by atoms with Crippen molar-refractivity contribution in [3.05, 3.63) is 65.2 Å². The average Bonchev–Trinajstić information content (AvgIpc) is 2.66. The van der Waals surface area contributed by atoms with Gasteiger partial charge in [0.15, 0.2) is 0 Å². The fraction of sp³-hybridized carbons (Fsp3) is 0.364. The number of nitrogens with one attached hydrogen (secondary N) is 1. The van der Waals surface area contributed by atoms with E-state index < -0.39 is 0 Å². The van der Waals surface area contributed by atoms with Crippen LogP contribution in [0.3, 0.4) is 0 Å². The molecule has 2 rings (SSSR count). The lowest BCUT2D eigenvalue weighted by atomic mass is 10.0. The number of carbonyl (C=O) groups is 2. The summed E-state index contributed by atoms with van der Waals surface area (Å²) in [6, 6.07) is 15.0. The predicted molar refractivity (Wildman–Crippen MR) is 107 cm³/mol. The standard InChI is InChI=1S/C22H28N2O3/c1-15-10-12-18(13-11-15)20(23-17(3)25)14-22(26)24(4)16(2)19-8-6-7-9-21(19)27-5/h6-13,16,20H,14H2,1-5H3,(H,23,25). The summed E-state index contributed by atoms with van der Waals surface area (Å²) in [4.78, 5) is 26.3. The van der Waals surface area contributed by atoms with E-state index >= 15 is 0 Å². The van der Waals surface area contributed by atoms with Crippen LogP contribution in [0.15, 0.2) is 48.5 Å². The predicted octanol–water partition coefficient (Wildman–Crippen LogP) is 3.79. The third-order valence-corrected chi connectivity index (χ3v) is 4.80. The molecule has 0 saturated heterocycles. The lowest BCUT2D eigenvalue weighted by Crippen LogP contribution is -2.35. The maximum absolute atomic E-state index is 12.9. The molecular weight excluding hydrogens is 340 g/mol. The largest absolute Gasteiger partial charge is 0.496 e. The Bertz CT molecular complexity index is 786. The number of nitrogens with zero attached hydrogens (tertiary/aromatic N) is 1. The summed E-state index contributed by atoms with van der Waals surface area (Å²) < 4.78 is 5.42. The number of amides is 2. The van der Waals surface area contributed by atoms with E-state index in [9.17, 15) is 9.59 Å². The van der Waals surface area contributed by atoms with E-state index in [1.165, 1.54) is 6.92 Å². The number of benzene rings is 2. The molecule has 2 unspecified atom stereocenters. The molecular formula is C22H28N2O3. The molecule has 27 heavy (non-hydrogen) atoms. The van der Waals surface area contributed by atoms with Gasteiger partial charge in [-0.25, -0.2) is 0 Å². The Balaban J connectivity index is 2.18. The molecule has 2 aromatic carbocycles. The van der Waals surface area contributed by atoms with Gasteiger partial charge in [0.1, 0.15) is 5.75 Å². The van der Waals surface area contributed by atoms with Gasteiger partial charge in [-0.05, 0) is 25.5 Å². The van der Waals surface area contributed by atoms with Gasteiger partial charge in [0.25, 0.3) is 0 Å². The molecule has 0 fully saturated rings. The van der Waals surface area contributed by atoms with E-state index in [1.54, 1.807) is 19.1 Å². The maximum atomic E-state index is 12.9. The minimum Gasteiger partial charge on any atom is -0.496 e. The molecule has 0 aromatic heterocycles. The molecule has 0 aliphatic rings. The van der Waals surface area contributed by atoms with Gasteiger partial charge >= 0.3 is 0 Å². The molecule has 0 spiro atoms. The lowest BCUT2D eigenvalue weighted by molar-refractivity contribution is -0.132. The molecule has 0 radical (unpaired) electrons. The Hall–Kier alpha value is -2.82. The minimum absolute atomic E-state index is 0.0484. The quantitative estimate of drug-likeness (QED) is 0.809. The highest BCUT2D eigenvalue weighted by molar-refractivity contribution is 5.79. The molecule has 5 heteroatoms. The molecule has 1 N–H and O–H groups in total. The first-order valence-corrected chi connectivity index (χ1v) is 9.05. The number of ether oxygens (including phenoxy) is 1. The highest BCUT2D eigenvalue weighted by Crippen LogP contribution is 2.29. The maximum Gasteiger partial charge on any atom is 0.225 e. The first kappa shape index (κ1) is 20.5. The Morgan fingerprint density at radius 2 is 1.74 bits per heavy atom. The van der Waals surface area contributed by atoms with Crippen molar-refractivity contribution in [3.63, 3.8) is 0 Å². The highest BCUT2D eigenvalue weighted by Gasteiger charge is 2.24. The average molecular weight is 368 g/mol. The van der Waals surface area contributed by atoms with Crippen molar-refractivity contribution >= 4 is 11.8 Å². The third kappa shape index (κ3) is 5.33. The van der Waals surface area contributed by atoms with Gasteiger partial charge in [0, 0.05) is 19.5 Å². The Morgan fingerprint density at radius 3 is 2.33 bits per heavy atom. The zero-order valence-corrected chi connectivity index (χ0v) is 16.7. The van der Waals surface area contributed by atoms with Gasteiger partial charge in [-0.2, -0.15) is 0 Å². The van der Waals surface area contributed by atoms with E-state index in [1.807, 2.05) is 62.4 Å². The van der Waals surface area contributed by atoms with Crippen LogP contribution in [-0.2, 0) is 9.59 Å². The van der Waals surface area contributed by atoms with Gasteiger partial charge in [0.2, 0.25) is 11.8 Å². The van der Waals surface area contributed by atoms with Gasteiger partial charge < -0.3 is 15.0 Å². The van der Waals surface area contributed by atoms with Crippen molar-refractivity contribution in [3.8, 4) is 5.75 Å². The van der Waals surface area contributed by atoms with E-state index in [2.05, 4.69) is 5.32 Å². The summed E-state index contributed by atoms with van der Waals surface area (Å²) in [6.07, 6.45) is 0.193. The first-order chi connectivity index (χ1) is 12.8. The second-order valence-electron chi connectivity index (χ2n) is 6.79. The molecule has 0 aliphatic carbocycles. The van der Waals surface area contributed by atoms with Crippen LogP contribution < -0.4 is 10.1 Å². The van der Waals surface area contributed by atoms with Crippen LogP contribution in [0.5, 0.6) is 5.75 Å². The van der Waals surface area contributed by atoms with Crippen LogP contribution in [0.1, 0.15) is 49.0 Å². The SMILES string of the molecule is COc1ccccc1C(C)N(C)C(=O)CC(NC(C)=O)c1ccc(C)cc1. The second-order valence-corrected chi connectivity index (χ2v) is 6.79. The van der Waals surface area contributed by atoms with E-state index in [4.69, 9.17) is 4.74 Å². The summed E-state index contributed by atoms with van der Waals surface area (Å²) in [5.41, 5.74) is 3.00. The zero-order valence-electron chi connectivity index (χ0n) is 16.7. The fourth-order valence-corrected chi connectivity index (χ4v) is 3.05. The number of hydrogen-bond donors (Lipinski definition) is 1. The van der Waals surface area contributed by atoms with Gasteiger partial charge in [-0.1, -0.05) is 48.0 Å². The Kier molecular flexibility index (Phi) is 6.99. The Morgan fingerprint density at radius 1 is 1.11 bits per heavy atom. The fourth-order valence-electron chi connectivity index (χ4n) is 3.05. The third-order valence-electron chi connectivity index (χ3n) is 4.80. The Labute approximate surface area is 161 Å². The van der Waals surface area contributed by atoms with Crippen LogP contribution in [0.4, 0.5) is 0 Å². The van der Waals surface area contributed by atoms with Crippen molar-refractivity contribution < 1.29 is 14.3 Å². The monoisotopic (exact) mass is 368 g/mol. The molecule has 144 valence electrons. The zero-order chi connectivity index (χ0) is 20.0. The van der Waals surface area contributed by atoms with Crippen LogP contribution in [-0.4, -0.2) is 30.9 Å². The molecule has 5 nitrogen and oxygen atoms in total. The van der Waals surface area contributed by atoms with Crippen molar-refractivity contribution in [2.45, 2.75) is 39.3 Å².